The molecule has 0 fully saturated rings. The van der Waals surface area contributed by atoms with Gasteiger partial charge in [0.25, 0.3) is 0 Å². The largest absolute Gasteiger partial charge is 0.327 e. The fourth-order valence-corrected chi connectivity index (χ4v) is 2.62. The lowest BCUT2D eigenvalue weighted by Gasteiger charge is -2.13. The Labute approximate surface area is 121 Å². The van der Waals surface area contributed by atoms with E-state index in [1.54, 1.807) is 0 Å². The second-order valence-corrected chi connectivity index (χ2v) is 5.61. The summed E-state index contributed by atoms with van der Waals surface area (Å²) in [4.78, 5) is 0. The molecule has 0 aromatic heterocycles. The first-order chi connectivity index (χ1) is 8.66. The summed E-state index contributed by atoms with van der Waals surface area (Å²) >= 11 is 9.68. The molecule has 1 atom stereocenters. The molecule has 94 valence electrons. The third kappa shape index (κ3) is 3.58. The Hall–Kier alpha value is -0.830. The Morgan fingerprint density at radius 1 is 0.944 bits per heavy atom. The summed E-state index contributed by atoms with van der Waals surface area (Å²) < 4.78 is 1.11. The van der Waals surface area contributed by atoms with E-state index < -0.39 is 0 Å². The van der Waals surface area contributed by atoms with Gasteiger partial charge in [-0.25, -0.2) is 0 Å². The van der Waals surface area contributed by atoms with Gasteiger partial charge in [-0.15, -0.1) is 0 Å². The summed E-state index contributed by atoms with van der Waals surface area (Å²) in [5.41, 5.74) is 8.54. The van der Waals surface area contributed by atoms with Crippen LogP contribution in [-0.2, 0) is 12.8 Å². The summed E-state index contributed by atoms with van der Waals surface area (Å²) in [7, 11) is 0. The van der Waals surface area contributed by atoms with E-state index in [2.05, 4.69) is 22.0 Å². The van der Waals surface area contributed by atoms with Crippen molar-refractivity contribution in [2.45, 2.75) is 18.9 Å². The number of hydrogen-bond acceptors (Lipinski definition) is 1. The van der Waals surface area contributed by atoms with E-state index in [-0.39, 0.29) is 6.04 Å². The molecule has 0 radical (unpaired) electrons. The Morgan fingerprint density at radius 2 is 1.50 bits per heavy atom. The molecule has 0 heterocycles. The van der Waals surface area contributed by atoms with Gasteiger partial charge in [0.1, 0.15) is 0 Å². The second kappa shape index (κ2) is 6.37. The molecule has 2 aromatic rings. The minimum Gasteiger partial charge on any atom is -0.327 e. The van der Waals surface area contributed by atoms with Crippen molar-refractivity contribution in [3.8, 4) is 0 Å². The number of nitrogens with two attached hydrogens (primary N) is 1. The summed E-state index contributed by atoms with van der Waals surface area (Å²) in [6.07, 6.45) is 1.63. The zero-order valence-corrected chi connectivity index (χ0v) is 12.3. The van der Waals surface area contributed by atoms with Crippen molar-refractivity contribution in [3.63, 3.8) is 0 Å². The number of rotatable bonds is 4. The predicted octanol–water partition coefficient (Wildman–Crippen LogP) is 4.22. The van der Waals surface area contributed by atoms with Gasteiger partial charge in [0.15, 0.2) is 0 Å². The second-order valence-electron chi connectivity index (χ2n) is 4.35. The van der Waals surface area contributed by atoms with Gasteiger partial charge >= 0.3 is 0 Å². The van der Waals surface area contributed by atoms with Crippen LogP contribution in [0, 0.1) is 0 Å². The molecular formula is C15H15BrClN. The van der Waals surface area contributed by atoms with Crippen LogP contribution in [0.2, 0.25) is 5.02 Å². The standard InChI is InChI=1S/C15H15BrClN/c16-14-7-3-1-5-11(14)9-13(18)10-12-6-2-4-8-15(12)17/h1-8,13H,9-10,18H2. The molecule has 1 nitrogen and oxygen atoms in total. The van der Waals surface area contributed by atoms with Crippen molar-refractivity contribution in [2.75, 3.05) is 0 Å². The monoisotopic (exact) mass is 323 g/mol. The van der Waals surface area contributed by atoms with E-state index in [4.69, 9.17) is 17.3 Å². The molecule has 1 unspecified atom stereocenters. The van der Waals surface area contributed by atoms with Gasteiger partial charge in [0.05, 0.1) is 0 Å². The van der Waals surface area contributed by atoms with E-state index in [1.165, 1.54) is 5.56 Å². The van der Waals surface area contributed by atoms with Crippen molar-refractivity contribution in [1.29, 1.82) is 0 Å². The van der Waals surface area contributed by atoms with Crippen LogP contribution in [0.1, 0.15) is 11.1 Å². The SMILES string of the molecule is NC(Cc1ccccc1Cl)Cc1ccccc1Br. The zero-order chi connectivity index (χ0) is 13.0. The van der Waals surface area contributed by atoms with Gasteiger partial charge < -0.3 is 5.73 Å². The van der Waals surface area contributed by atoms with Crippen molar-refractivity contribution < 1.29 is 0 Å². The highest BCUT2D eigenvalue weighted by molar-refractivity contribution is 9.10. The molecule has 0 aliphatic heterocycles. The number of hydrogen-bond donors (Lipinski definition) is 1. The molecule has 3 heteroatoms. The van der Waals surface area contributed by atoms with E-state index in [9.17, 15) is 0 Å². The van der Waals surface area contributed by atoms with Crippen molar-refractivity contribution in [3.05, 3.63) is 69.2 Å². The van der Waals surface area contributed by atoms with Gasteiger partial charge in [-0.2, -0.15) is 0 Å². The average Bonchev–Trinajstić information content (AvgIpc) is 2.35. The van der Waals surface area contributed by atoms with E-state index >= 15 is 0 Å². The lowest BCUT2D eigenvalue weighted by molar-refractivity contribution is 0.663. The van der Waals surface area contributed by atoms with Crippen LogP contribution in [0.25, 0.3) is 0 Å². The fourth-order valence-electron chi connectivity index (χ4n) is 1.96. The Bertz CT molecular complexity index is 480. The van der Waals surface area contributed by atoms with Crippen LogP contribution < -0.4 is 5.73 Å². The highest BCUT2D eigenvalue weighted by Crippen LogP contribution is 2.20. The van der Waals surface area contributed by atoms with Crippen LogP contribution in [0.15, 0.2) is 53.0 Å². The Kier molecular flexibility index (Phi) is 4.81. The maximum atomic E-state index is 6.20. The van der Waals surface area contributed by atoms with Gasteiger partial charge in [0, 0.05) is 15.5 Å². The maximum absolute atomic E-state index is 6.20. The normalized spacial score (nSPS) is 12.4. The van der Waals surface area contributed by atoms with Gasteiger partial charge in [-0.05, 0) is 36.1 Å². The van der Waals surface area contributed by atoms with Crippen LogP contribution >= 0.6 is 27.5 Å². The summed E-state index contributed by atoms with van der Waals surface area (Å²) in [5.74, 6) is 0. The lowest BCUT2D eigenvalue weighted by Crippen LogP contribution is -2.25. The van der Waals surface area contributed by atoms with Gasteiger partial charge in [-0.3, -0.25) is 0 Å². The molecule has 2 N–H and O–H groups in total. The molecule has 0 spiro atoms. The molecule has 2 aromatic carbocycles. The third-order valence-electron chi connectivity index (χ3n) is 2.88. The minimum absolute atomic E-state index is 0.0728. The fraction of sp³-hybridized carbons (Fsp3) is 0.200. The summed E-state index contributed by atoms with van der Waals surface area (Å²) in [5, 5.41) is 0.792. The quantitative estimate of drug-likeness (QED) is 0.895. The molecule has 2 rings (SSSR count). The molecule has 0 saturated heterocycles. The zero-order valence-electron chi connectivity index (χ0n) is 9.94. The smallest absolute Gasteiger partial charge is 0.0438 e. The molecule has 0 aliphatic rings. The highest BCUT2D eigenvalue weighted by atomic mass is 79.9. The summed E-state index contributed by atoms with van der Waals surface area (Å²) in [6, 6.07) is 16.1. The van der Waals surface area contributed by atoms with Crippen molar-refractivity contribution >= 4 is 27.5 Å². The van der Waals surface area contributed by atoms with E-state index in [1.807, 2.05) is 42.5 Å². The van der Waals surface area contributed by atoms with E-state index in [0.717, 1.165) is 27.9 Å². The highest BCUT2D eigenvalue weighted by Gasteiger charge is 2.09. The minimum atomic E-state index is 0.0728. The average molecular weight is 325 g/mol. The van der Waals surface area contributed by atoms with Crippen molar-refractivity contribution in [2.24, 2.45) is 5.73 Å². The van der Waals surface area contributed by atoms with Crippen LogP contribution in [0.4, 0.5) is 0 Å². The first-order valence-corrected chi connectivity index (χ1v) is 7.06. The molecule has 0 bridgehead atoms. The third-order valence-corrected chi connectivity index (χ3v) is 4.02. The molecule has 0 saturated carbocycles. The molecule has 18 heavy (non-hydrogen) atoms. The first kappa shape index (κ1) is 13.6. The van der Waals surface area contributed by atoms with Crippen LogP contribution in [0.5, 0.6) is 0 Å². The topological polar surface area (TPSA) is 26.0 Å². The number of halogens is 2. The van der Waals surface area contributed by atoms with Crippen molar-refractivity contribution in [1.82, 2.24) is 0 Å². The Balaban J connectivity index is 2.04. The van der Waals surface area contributed by atoms with Gasteiger partial charge in [-0.1, -0.05) is 63.9 Å². The maximum Gasteiger partial charge on any atom is 0.0438 e. The molecule has 0 aliphatic carbocycles. The van der Waals surface area contributed by atoms with Crippen LogP contribution in [0.3, 0.4) is 0 Å². The first-order valence-electron chi connectivity index (χ1n) is 5.89. The lowest BCUT2D eigenvalue weighted by atomic mass is 10.00. The molecular weight excluding hydrogens is 310 g/mol. The van der Waals surface area contributed by atoms with E-state index in [0.29, 0.717) is 0 Å². The number of benzene rings is 2. The van der Waals surface area contributed by atoms with Crippen LogP contribution in [-0.4, -0.2) is 6.04 Å². The predicted molar refractivity (Wildman–Crippen MR) is 81.0 cm³/mol. The molecule has 0 amide bonds. The Morgan fingerprint density at radius 3 is 2.17 bits per heavy atom. The summed E-state index contributed by atoms with van der Waals surface area (Å²) in [6.45, 7) is 0. The van der Waals surface area contributed by atoms with Gasteiger partial charge in [0.2, 0.25) is 0 Å².